The molecule has 2 aromatic carbocycles. The van der Waals surface area contributed by atoms with Crippen molar-refractivity contribution in [3.05, 3.63) is 87.5 Å². The molecule has 2 fully saturated rings. The van der Waals surface area contributed by atoms with E-state index in [1.807, 2.05) is 26.1 Å². The van der Waals surface area contributed by atoms with E-state index >= 15 is 4.39 Å². The first-order valence-electron chi connectivity index (χ1n) is 14.9. The number of halogens is 5. The van der Waals surface area contributed by atoms with Crippen LogP contribution in [0.4, 0.5) is 23.2 Å². The molecule has 1 atom stereocenters. The van der Waals surface area contributed by atoms with Gasteiger partial charge in [0.25, 0.3) is 5.69 Å². The average Bonchev–Trinajstić information content (AvgIpc) is 3.93. The second kappa shape index (κ2) is 12.5. The number of nitrogens with one attached hydrogen (secondary N) is 1. The van der Waals surface area contributed by atoms with E-state index in [2.05, 4.69) is 22.9 Å². The van der Waals surface area contributed by atoms with E-state index in [-0.39, 0.29) is 29.3 Å². The summed E-state index contributed by atoms with van der Waals surface area (Å²) in [6, 6.07) is 7.72. The highest BCUT2D eigenvalue weighted by atomic mass is 35.5. The maximum Gasteiger partial charge on any atom is 0.309 e. The number of pyridine rings is 1. The van der Waals surface area contributed by atoms with Crippen LogP contribution in [0.15, 0.2) is 42.6 Å². The summed E-state index contributed by atoms with van der Waals surface area (Å²) < 4.78 is 64.9. The predicted octanol–water partition coefficient (Wildman–Crippen LogP) is 7.49. The highest BCUT2D eigenvalue weighted by molar-refractivity contribution is 6.31. The number of hydrogen-bond acceptors (Lipinski definition) is 4. The Kier molecular flexibility index (Phi) is 8.99. The van der Waals surface area contributed by atoms with E-state index in [4.69, 9.17) is 22.1 Å². The van der Waals surface area contributed by atoms with Crippen molar-refractivity contribution >= 4 is 29.9 Å². The Hall–Kier alpha value is -3.92. The van der Waals surface area contributed by atoms with Crippen molar-refractivity contribution in [2.45, 2.75) is 69.5 Å². The number of ether oxygens (including phenoxy) is 1. The van der Waals surface area contributed by atoms with Crippen LogP contribution in [0.1, 0.15) is 73.8 Å². The van der Waals surface area contributed by atoms with Crippen LogP contribution in [-0.2, 0) is 10.2 Å². The molecule has 0 bridgehead atoms. The fourth-order valence-electron chi connectivity index (χ4n) is 5.86. The van der Waals surface area contributed by atoms with Gasteiger partial charge in [0.2, 0.25) is 6.41 Å². The Morgan fingerprint density at radius 2 is 1.91 bits per heavy atom. The van der Waals surface area contributed by atoms with Crippen molar-refractivity contribution < 1.29 is 31.7 Å². The minimum atomic E-state index is -1.13. The number of nitrogens with zero attached hydrogens (tertiary/aromatic N) is 2. The standard InChI is InChI=1S/C22H23ClF3N3O.C12H13FNO/c1-3-4-13(10-28-11-30)17-9-15(22(7-8-22)12(2)27)20(26)21(29-17)14-5-6-16(24)18(23)19(14)25;1-8-5-9-7-14(12(13)3-4-12)11(9)10(6-8)15-2/h5-6,9,11,13H,2-4,7-8,10,27H2,1H3,(H,28,30);5-7H,3-4H2,1-2H3/q;+1. The summed E-state index contributed by atoms with van der Waals surface area (Å²) in [4.78, 5) is 15.2. The molecule has 2 heterocycles. The molecule has 1 aliphatic heterocycles. The van der Waals surface area contributed by atoms with Gasteiger partial charge in [-0.1, -0.05) is 31.5 Å². The lowest BCUT2D eigenvalue weighted by molar-refractivity contribution is -0.542. The van der Waals surface area contributed by atoms with Gasteiger partial charge in [0.1, 0.15) is 22.1 Å². The number of amides is 1. The van der Waals surface area contributed by atoms with Crippen LogP contribution in [0.2, 0.25) is 5.02 Å². The minimum absolute atomic E-state index is 0.223. The first-order chi connectivity index (χ1) is 21.4. The number of benzene rings is 2. The first-order valence-corrected chi connectivity index (χ1v) is 15.3. The fourth-order valence-corrected chi connectivity index (χ4v) is 6.02. The van der Waals surface area contributed by atoms with E-state index in [0.29, 0.717) is 49.9 Å². The molecule has 1 unspecified atom stereocenters. The molecule has 11 heteroatoms. The predicted molar refractivity (Wildman–Crippen MR) is 166 cm³/mol. The van der Waals surface area contributed by atoms with Crippen LogP contribution in [0.25, 0.3) is 11.3 Å². The van der Waals surface area contributed by atoms with Gasteiger partial charge in [-0.15, -0.1) is 0 Å². The van der Waals surface area contributed by atoms with Crippen molar-refractivity contribution in [3.63, 3.8) is 0 Å². The summed E-state index contributed by atoms with van der Waals surface area (Å²) in [5.41, 5.74) is 8.95. The van der Waals surface area contributed by atoms with Crippen molar-refractivity contribution in [2.24, 2.45) is 5.73 Å². The number of methoxy groups -OCH3 is 1. The van der Waals surface area contributed by atoms with Crippen LogP contribution in [0.5, 0.6) is 5.75 Å². The maximum atomic E-state index is 15.6. The molecular formula is C34H36ClF4N4O2+. The van der Waals surface area contributed by atoms with Crippen molar-refractivity contribution in [1.82, 2.24) is 10.3 Å². The summed E-state index contributed by atoms with van der Waals surface area (Å²) in [5, 5.41) is 1.90. The third-order valence-corrected chi connectivity index (χ3v) is 9.07. The SMILES string of the molecule is C=C(N)C1(c2cc(C(CCC)CNC=O)nc(-c3ccc(F)c(Cl)c3F)c2F)CC1.COc1cc(C)cc2c1[N+](C1(F)CC1)=C2. The maximum absolute atomic E-state index is 15.6. The summed E-state index contributed by atoms with van der Waals surface area (Å²) >= 11 is 5.71. The van der Waals surface area contributed by atoms with E-state index in [9.17, 15) is 18.0 Å². The van der Waals surface area contributed by atoms with Gasteiger partial charge in [-0.3, -0.25) is 4.79 Å². The van der Waals surface area contributed by atoms with Crippen molar-refractivity contribution in [2.75, 3.05) is 13.7 Å². The second-order valence-electron chi connectivity index (χ2n) is 11.9. The summed E-state index contributed by atoms with van der Waals surface area (Å²) in [5.74, 6) is -3.34. The molecule has 1 amide bonds. The number of hydrogen-bond donors (Lipinski definition) is 2. The molecule has 6 nitrogen and oxygen atoms in total. The van der Waals surface area contributed by atoms with Crippen LogP contribution in [-0.4, -0.2) is 41.6 Å². The molecule has 0 saturated heterocycles. The van der Waals surface area contributed by atoms with Crippen LogP contribution < -0.4 is 15.8 Å². The molecule has 0 spiro atoms. The largest absolute Gasteiger partial charge is 0.490 e. The van der Waals surface area contributed by atoms with Gasteiger partial charge >= 0.3 is 5.79 Å². The fraction of sp³-hybridized carbons (Fsp3) is 0.382. The lowest BCUT2D eigenvalue weighted by atomic mass is 9.88. The van der Waals surface area contributed by atoms with Gasteiger partial charge < -0.3 is 15.8 Å². The zero-order valence-electron chi connectivity index (χ0n) is 25.5. The molecule has 3 aromatic rings. The third kappa shape index (κ3) is 6.04. The van der Waals surface area contributed by atoms with Gasteiger partial charge in [-0.05, 0) is 62.1 Å². The van der Waals surface area contributed by atoms with Gasteiger partial charge in [0.15, 0.2) is 23.6 Å². The Bertz CT molecular complexity index is 1700. The van der Waals surface area contributed by atoms with E-state index in [0.717, 1.165) is 41.1 Å². The molecule has 0 radical (unpaired) electrons. The topological polar surface area (TPSA) is 80.2 Å². The molecule has 1 aromatic heterocycles. The summed E-state index contributed by atoms with van der Waals surface area (Å²) in [6.07, 6.45) is 6.39. The normalized spacial score (nSPS) is 17.0. The number of carbonyl (C=O) groups is 1. The lowest BCUT2D eigenvalue weighted by Crippen LogP contribution is -2.28. The number of aryl methyl sites for hydroxylation is 1. The number of allylic oxidation sites excluding steroid dienone is 1. The smallest absolute Gasteiger partial charge is 0.309 e. The Morgan fingerprint density at radius 1 is 1.20 bits per heavy atom. The number of rotatable bonds is 11. The van der Waals surface area contributed by atoms with E-state index < -0.39 is 33.7 Å². The third-order valence-electron chi connectivity index (χ3n) is 8.72. The van der Waals surface area contributed by atoms with Gasteiger partial charge in [0, 0.05) is 40.4 Å². The van der Waals surface area contributed by atoms with E-state index in [1.54, 1.807) is 17.8 Å². The Balaban J connectivity index is 0.000000220. The Morgan fingerprint density at radius 3 is 2.49 bits per heavy atom. The lowest BCUT2D eigenvalue weighted by Gasteiger charge is -2.23. The summed E-state index contributed by atoms with van der Waals surface area (Å²) in [7, 11) is 1.63. The molecule has 3 N–H and O–H groups in total. The van der Waals surface area contributed by atoms with Gasteiger partial charge in [0.05, 0.1) is 20.0 Å². The molecule has 3 aliphatic rings. The number of aromatic nitrogens is 1. The summed E-state index contributed by atoms with van der Waals surface area (Å²) in [6.45, 7) is 8.08. The highest BCUT2D eigenvalue weighted by Crippen LogP contribution is 2.54. The number of carbonyl (C=O) groups excluding carboxylic acids is 1. The molecule has 6 rings (SSSR count). The van der Waals surface area contributed by atoms with Crippen LogP contribution in [0.3, 0.4) is 0 Å². The molecular weight excluding hydrogens is 608 g/mol. The average molecular weight is 644 g/mol. The first kappa shape index (κ1) is 32.5. The molecule has 2 saturated carbocycles. The zero-order chi connectivity index (χ0) is 32.7. The number of alkyl halides is 1. The molecule has 238 valence electrons. The van der Waals surface area contributed by atoms with Crippen LogP contribution in [0, 0.1) is 24.4 Å². The quantitative estimate of drug-likeness (QED) is 0.0746. The monoisotopic (exact) mass is 643 g/mol. The van der Waals surface area contributed by atoms with Gasteiger partial charge in [-0.2, -0.15) is 8.97 Å². The zero-order valence-corrected chi connectivity index (χ0v) is 26.2. The van der Waals surface area contributed by atoms with Crippen LogP contribution >= 0.6 is 11.6 Å². The second-order valence-corrected chi connectivity index (χ2v) is 12.3. The molecule has 45 heavy (non-hydrogen) atoms. The number of fused-ring (bicyclic) bond motifs is 1. The van der Waals surface area contributed by atoms with Crippen molar-refractivity contribution in [1.29, 1.82) is 0 Å². The molecule has 2 aliphatic carbocycles. The number of nitrogens with two attached hydrogens (primary N) is 1. The van der Waals surface area contributed by atoms with E-state index in [1.165, 1.54) is 0 Å². The Labute approximate surface area is 265 Å². The highest BCUT2D eigenvalue weighted by Gasteiger charge is 2.59. The minimum Gasteiger partial charge on any atom is -0.490 e. The van der Waals surface area contributed by atoms with Gasteiger partial charge in [-0.25, -0.2) is 18.2 Å². The van der Waals surface area contributed by atoms with Crippen molar-refractivity contribution in [3.8, 4) is 17.0 Å².